The number of carbonyl (C=O) groups excluding carboxylic acids is 1. The largest absolute Gasteiger partial charge is 0.454 e. The Balaban J connectivity index is 1.90. The van der Waals surface area contributed by atoms with Crippen LogP contribution in [-0.2, 0) is 4.74 Å². The number of ether oxygens (including phenoxy) is 1. The molecule has 1 fully saturated rings. The Bertz CT molecular complexity index is 794. The second-order valence-corrected chi connectivity index (χ2v) is 9.15. The van der Waals surface area contributed by atoms with Crippen molar-refractivity contribution < 1.29 is 19.6 Å². The summed E-state index contributed by atoms with van der Waals surface area (Å²) in [5.41, 5.74) is 0.349. The number of esters is 1. The van der Waals surface area contributed by atoms with Crippen LogP contribution >= 0.6 is 0 Å². The molecule has 1 N–H and O–H groups in total. The predicted molar refractivity (Wildman–Crippen MR) is 106 cm³/mol. The standard InChI is InChI=1S/C22H29NO5/c1-14-6-11-17-18(21(2,3)12-5-13-22(17,4)25)19(14)28-20(24)15-7-9-16(10-8-15)23(26)27/h6-10,17-19,25H,5,11-13H2,1-4H3/t17?,18?,19-,22-/m0/s1. The number of carbonyl (C=O) groups is 1. The van der Waals surface area contributed by atoms with Crippen LogP contribution in [0.15, 0.2) is 35.9 Å². The number of nitro groups is 1. The minimum atomic E-state index is -0.798. The summed E-state index contributed by atoms with van der Waals surface area (Å²) in [4.78, 5) is 23.1. The summed E-state index contributed by atoms with van der Waals surface area (Å²) in [7, 11) is 0. The summed E-state index contributed by atoms with van der Waals surface area (Å²) < 4.78 is 5.96. The first-order valence-electron chi connectivity index (χ1n) is 9.87. The molecule has 0 amide bonds. The van der Waals surface area contributed by atoms with E-state index in [0.717, 1.165) is 31.3 Å². The summed E-state index contributed by atoms with van der Waals surface area (Å²) in [6, 6.07) is 5.47. The van der Waals surface area contributed by atoms with Gasteiger partial charge in [0.2, 0.25) is 0 Å². The highest BCUT2D eigenvalue weighted by atomic mass is 16.6. The van der Waals surface area contributed by atoms with Crippen molar-refractivity contribution in [2.75, 3.05) is 0 Å². The van der Waals surface area contributed by atoms with E-state index in [9.17, 15) is 20.0 Å². The zero-order valence-corrected chi connectivity index (χ0v) is 17.0. The van der Waals surface area contributed by atoms with Gasteiger partial charge in [-0.25, -0.2) is 4.79 Å². The summed E-state index contributed by atoms with van der Waals surface area (Å²) in [5.74, 6) is -0.464. The molecule has 4 atom stereocenters. The van der Waals surface area contributed by atoms with E-state index in [1.165, 1.54) is 24.3 Å². The third-order valence-electron chi connectivity index (χ3n) is 6.66. The maximum absolute atomic E-state index is 12.8. The average molecular weight is 387 g/mol. The number of rotatable bonds is 3. The van der Waals surface area contributed by atoms with Crippen LogP contribution in [0.2, 0.25) is 0 Å². The molecule has 2 aliphatic rings. The van der Waals surface area contributed by atoms with Crippen molar-refractivity contribution in [3.8, 4) is 0 Å². The number of aliphatic hydroxyl groups is 1. The molecule has 0 bridgehead atoms. The van der Waals surface area contributed by atoms with Crippen LogP contribution in [0.25, 0.3) is 0 Å². The number of non-ortho nitro benzene ring substituents is 1. The van der Waals surface area contributed by atoms with Gasteiger partial charge in [-0.2, -0.15) is 0 Å². The Morgan fingerprint density at radius 2 is 1.86 bits per heavy atom. The molecule has 0 aromatic heterocycles. The van der Waals surface area contributed by atoms with E-state index in [1.54, 1.807) is 0 Å². The van der Waals surface area contributed by atoms with Crippen LogP contribution in [0.1, 0.15) is 63.7 Å². The highest BCUT2D eigenvalue weighted by molar-refractivity contribution is 5.89. The van der Waals surface area contributed by atoms with E-state index in [-0.39, 0.29) is 22.9 Å². The fraction of sp³-hybridized carbons (Fsp3) is 0.591. The number of nitro benzene ring substituents is 1. The fourth-order valence-corrected chi connectivity index (χ4v) is 4.99. The van der Waals surface area contributed by atoms with E-state index in [0.29, 0.717) is 5.56 Å². The lowest BCUT2D eigenvalue weighted by molar-refractivity contribution is -0.384. The van der Waals surface area contributed by atoms with Gasteiger partial charge in [-0.15, -0.1) is 0 Å². The molecule has 0 radical (unpaired) electrons. The molecule has 6 heteroatoms. The fourth-order valence-electron chi connectivity index (χ4n) is 4.99. The third kappa shape index (κ3) is 3.83. The molecule has 0 saturated heterocycles. The van der Waals surface area contributed by atoms with Gasteiger partial charge < -0.3 is 9.84 Å². The molecule has 0 spiro atoms. The zero-order chi connectivity index (χ0) is 20.7. The van der Waals surface area contributed by atoms with Crippen LogP contribution in [0.4, 0.5) is 5.69 Å². The molecule has 152 valence electrons. The molecular weight excluding hydrogens is 358 g/mol. The molecule has 1 aromatic carbocycles. The SMILES string of the molecule is CC1=CCC2C([C@H]1OC(=O)c1ccc([N+](=O)[O-])cc1)C(C)(C)CCC[C@]2(C)O. The van der Waals surface area contributed by atoms with E-state index in [4.69, 9.17) is 4.74 Å². The summed E-state index contributed by atoms with van der Waals surface area (Å²) in [6.45, 7) is 8.25. The van der Waals surface area contributed by atoms with Gasteiger partial charge in [0.1, 0.15) is 6.10 Å². The van der Waals surface area contributed by atoms with Crippen molar-refractivity contribution in [2.24, 2.45) is 17.3 Å². The minimum Gasteiger partial charge on any atom is -0.454 e. The van der Waals surface area contributed by atoms with Crippen molar-refractivity contribution in [2.45, 2.75) is 65.1 Å². The lowest BCUT2D eigenvalue weighted by Gasteiger charge is -2.48. The van der Waals surface area contributed by atoms with Gasteiger partial charge in [0.15, 0.2) is 0 Å². The molecular formula is C22H29NO5. The second kappa shape index (κ2) is 7.32. The molecule has 2 aliphatic carbocycles. The number of allylic oxidation sites excluding steroid dienone is 1. The smallest absolute Gasteiger partial charge is 0.338 e. The van der Waals surface area contributed by atoms with E-state index in [2.05, 4.69) is 19.9 Å². The zero-order valence-electron chi connectivity index (χ0n) is 17.0. The van der Waals surface area contributed by atoms with Crippen molar-refractivity contribution in [3.05, 3.63) is 51.6 Å². The van der Waals surface area contributed by atoms with Crippen LogP contribution in [-0.4, -0.2) is 27.7 Å². The Morgan fingerprint density at radius 1 is 1.21 bits per heavy atom. The maximum Gasteiger partial charge on any atom is 0.338 e. The molecule has 3 rings (SSSR count). The van der Waals surface area contributed by atoms with Gasteiger partial charge in [0.25, 0.3) is 5.69 Å². The van der Waals surface area contributed by atoms with E-state index >= 15 is 0 Å². The lowest BCUT2D eigenvalue weighted by Crippen LogP contribution is -2.50. The van der Waals surface area contributed by atoms with Gasteiger partial charge >= 0.3 is 5.97 Å². The molecule has 1 saturated carbocycles. The van der Waals surface area contributed by atoms with E-state index in [1.807, 2.05) is 13.8 Å². The van der Waals surface area contributed by atoms with Crippen molar-refractivity contribution in [1.29, 1.82) is 0 Å². The molecule has 1 aromatic rings. The van der Waals surface area contributed by atoms with Crippen LogP contribution in [0.5, 0.6) is 0 Å². The molecule has 6 nitrogen and oxygen atoms in total. The van der Waals surface area contributed by atoms with Crippen molar-refractivity contribution >= 4 is 11.7 Å². The second-order valence-electron chi connectivity index (χ2n) is 9.15. The number of hydrogen-bond acceptors (Lipinski definition) is 5. The first-order chi connectivity index (χ1) is 13.0. The normalized spacial score (nSPS) is 31.9. The first kappa shape index (κ1) is 20.5. The van der Waals surface area contributed by atoms with Gasteiger partial charge in [0.05, 0.1) is 16.1 Å². The Kier molecular flexibility index (Phi) is 5.36. The van der Waals surface area contributed by atoms with Gasteiger partial charge in [-0.05, 0) is 62.1 Å². The number of hydrogen-bond donors (Lipinski definition) is 1. The molecule has 0 heterocycles. The summed E-state index contributed by atoms with van der Waals surface area (Å²) in [5, 5.41) is 21.9. The van der Waals surface area contributed by atoms with Gasteiger partial charge in [-0.1, -0.05) is 26.3 Å². The van der Waals surface area contributed by atoms with Gasteiger partial charge in [0, 0.05) is 18.1 Å². The Labute approximate surface area is 165 Å². The highest BCUT2D eigenvalue weighted by Gasteiger charge is 2.52. The quantitative estimate of drug-likeness (QED) is 0.352. The molecule has 0 aliphatic heterocycles. The van der Waals surface area contributed by atoms with Crippen molar-refractivity contribution in [3.63, 3.8) is 0 Å². The minimum absolute atomic E-state index is 0.0111. The van der Waals surface area contributed by atoms with Crippen LogP contribution in [0.3, 0.4) is 0 Å². The number of benzene rings is 1. The van der Waals surface area contributed by atoms with Crippen LogP contribution in [0, 0.1) is 27.4 Å². The number of fused-ring (bicyclic) bond motifs is 1. The highest BCUT2D eigenvalue weighted by Crippen LogP contribution is 2.53. The summed E-state index contributed by atoms with van der Waals surface area (Å²) in [6.07, 6.45) is 5.08. The topological polar surface area (TPSA) is 89.7 Å². The predicted octanol–water partition coefficient (Wildman–Crippen LogP) is 4.66. The third-order valence-corrected chi connectivity index (χ3v) is 6.66. The Morgan fingerprint density at radius 3 is 2.46 bits per heavy atom. The average Bonchev–Trinajstić information content (AvgIpc) is 2.71. The lowest BCUT2D eigenvalue weighted by atomic mass is 9.61. The van der Waals surface area contributed by atoms with E-state index < -0.39 is 22.6 Å². The van der Waals surface area contributed by atoms with Gasteiger partial charge in [-0.3, -0.25) is 10.1 Å². The van der Waals surface area contributed by atoms with Crippen molar-refractivity contribution in [1.82, 2.24) is 0 Å². The number of nitrogens with zero attached hydrogens (tertiary/aromatic N) is 1. The Hall–Kier alpha value is -2.21. The molecule has 2 unspecified atom stereocenters. The summed E-state index contributed by atoms with van der Waals surface area (Å²) >= 11 is 0. The van der Waals surface area contributed by atoms with Crippen LogP contribution < -0.4 is 0 Å². The maximum atomic E-state index is 12.8. The monoisotopic (exact) mass is 387 g/mol. The molecule has 28 heavy (non-hydrogen) atoms. The first-order valence-corrected chi connectivity index (χ1v) is 9.87.